The molecule has 0 saturated carbocycles. The summed E-state index contributed by atoms with van der Waals surface area (Å²) in [6.07, 6.45) is 3.63. The van der Waals surface area contributed by atoms with Gasteiger partial charge < -0.3 is 19.9 Å². The zero-order chi connectivity index (χ0) is 20.8. The van der Waals surface area contributed by atoms with Gasteiger partial charge in [-0.05, 0) is 35.4 Å². The predicted molar refractivity (Wildman–Crippen MR) is 111 cm³/mol. The third-order valence-corrected chi connectivity index (χ3v) is 4.71. The Hall–Kier alpha value is -3.58. The maximum absolute atomic E-state index is 11.1. The summed E-state index contributed by atoms with van der Waals surface area (Å²) in [5.74, 6) is 1.68. The van der Waals surface area contributed by atoms with Crippen LogP contribution in [-0.4, -0.2) is 29.2 Å². The Morgan fingerprint density at radius 2 is 1.83 bits per heavy atom. The van der Waals surface area contributed by atoms with Gasteiger partial charge in [0.15, 0.2) is 18.1 Å². The standard InChI is InChI=1S/C23H23N3O4/c24-23(27)15-28-20-6-2-1-5-19(20)14-26(13-18-4-3-9-25-11-18)12-17-7-8-21-22(10-17)30-16-29-21/h1-11H,12-16H2,(H2,24,27). The largest absolute Gasteiger partial charge is 0.483 e. The van der Waals surface area contributed by atoms with Crippen LogP contribution in [0.3, 0.4) is 0 Å². The molecule has 7 nitrogen and oxygen atoms in total. The van der Waals surface area contributed by atoms with E-state index in [1.165, 1.54) is 0 Å². The van der Waals surface area contributed by atoms with E-state index >= 15 is 0 Å². The fourth-order valence-corrected chi connectivity index (χ4v) is 3.38. The van der Waals surface area contributed by atoms with Crippen molar-refractivity contribution in [2.75, 3.05) is 13.4 Å². The lowest BCUT2D eigenvalue weighted by molar-refractivity contribution is -0.119. The van der Waals surface area contributed by atoms with Gasteiger partial charge in [-0.25, -0.2) is 0 Å². The minimum absolute atomic E-state index is 0.151. The Morgan fingerprint density at radius 3 is 2.67 bits per heavy atom. The van der Waals surface area contributed by atoms with Crippen LogP contribution in [0.4, 0.5) is 0 Å². The van der Waals surface area contributed by atoms with Gasteiger partial charge in [-0.1, -0.05) is 30.3 Å². The van der Waals surface area contributed by atoms with Crippen LogP contribution in [0.25, 0.3) is 0 Å². The van der Waals surface area contributed by atoms with E-state index in [-0.39, 0.29) is 13.4 Å². The molecule has 0 fully saturated rings. The van der Waals surface area contributed by atoms with Gasteiger partial charge in [0.2, 0.25) is 6.79 Å². The first kappa shape index (κ1) is 19.7. The fraction of sp³-hybridized carbons (Fsp3) is 0.217. The summed E-state index contributed by atoms with van der Waals surface area (Å²) < 4.78 is 16.5. The smallest absolute Gasteiger partial charge is 0.255 e. The molecular weight excluding hydrogens is 382 g/mol. The van der Waals surface area contributed by atoms with E-state index in [1.807, 2.05) is 54.7 Å². The van der Waals surface area contributed by atoms with Crippen LogP contribution < -0.4 is 19.9 Å². The molecule has 1 aromatic heterocycles. The lowest BCUT2D eigenvalue weighted by Gasteiger charge is -2.24. The number of carbonyl (C=O) groups excluding carboxylic acids is 1. The van der Waals surface area contributed by atoms with Gasteiger partial charge in [-0.15, -0.1) is 0 Å². The molecule has 2 N–H and O–H groups in total. The number of hydrogen-bond acceptors (Lipinski definition) is 6. The highest BCUT2D eigenvalue weighted by Gasteiger charge is 2.16. The average molecular weight is 405 g/mol. The lowest BCUT2D eigenvalue weighted by Crippen LogP contribution is -2.24. The number of amides is 1. The summed E-state index contributed by atoms with van der Waals surface area (Å²) in [4.78, 5) is 17.6. The number of fused-ring (bicyclic) bond motifs is 1. The molecule has 1 amide bonds. The van der Waals surface area contributed by atoms with E-state index in [9.17, 15) is 4.79 Å². The fourth-order valence-electron chi connectivity index (χ4n) is 3.38. The third kappa shape index (κ3) is 5.07. The van der Waals surface area contributed by atoms with Crippen molar-refractivity contribution in [3.8, 4) is 17.2 Å². The first-order valence-corrected chi connectivity index (χ1v) is 9.66. The van der Waals surface area contributed by atoms with Crippen LogP contribution in [0.1, 0.15) is 16.7 Å². The number of hydrogen-bond donors (Lipinski definition) is 1. The summed E-state index contributed by atoms with van der Waals surface area (Å²) in [5, 5.41) is 0. The van der Waals surface area contributed by atoms with Crippen molar-refractivity contribution in [1.82, 2.24) is 9.88 Å². The van der Waals surface area contributed by atoms with Crippen LogP contribution in [0.15, 0.2) is 67.0 Å². The van der Waals surface area contributed by atoms with E-state index in [0.29, 0.717) is 25.4 Å². The lowest BCUT2D eigenvalue weighted by atomic mass is 10.1. The molecule has 154 valence electrons. The van der Waals surface area contributed by atoms with Crippen LogP contribution in [-0.2, 0) is 24.4 Å². The molecule has 2 aromatic carbocycles. The molecule has 7 heteroatoms. The molecule has 0 spiro atoms. The number of benzene rings is 2. The Balaban J connectivity index is 1.55. The Bertz CT molecular complexity index is 1010. The second kappa shape index (κ2) is 9.28. The number of nitrogens with zero attached hydrogens (tertiary/aromatic N) is 2. The number of rotatable bonds is 9. The van der Waals surface area contributed by atoms with Crippen molar-refractivity contribution in [2.24, 2.45) is 5.73 Å². The topological polar surface area (TPSA) is 86.9 Å². The number of ether oxygens (including phenoxy) is 3. The molecule has 30 heavy (non-hydrogen) atoms. The third-order valence-electron chi connectivity index (χ3n) is 4.71. The van der Waals surface area contributed by atoms with Gasteiger partial charge >= 0.3 is 0 Å². The van der Waals surface area contributed by atoms with Crippen molar-refractivity contribution >= 4 is 5.91 Å². The van der Waals surface area contributed by atoms with E-state index in [4.69, 9.17) is 19.9 Å². The summed E-state index contributed by atoms with van der Waals surface area (Å²) in [6, 6.07) is 17.6. The predicted octanol–water partition coefficient (Wildman–Crippen LogP) is 2.88. The van der Waals surface area contributed by atoms with Crippen molar-refractivity contribution in [3.63, 3.8) is 0 Å². The summed E-state index contributed by atoms with van der Waals surface area (Å²) >= 11 is 0. The van der Waals surface area contributed by atoms with Crippen molar-refractivity contribution in [2.45, 2.75) is 19.6 Å². The highest BCUT2D eigenvalue weighted by molar-refractivity contribution is 5.75. The maximum Gasteiger partial charge on any atom is 0.255 e. The monoisotopic (exact) mass is 405 g/mol. The molecule has 1 aliphatic heterocycles. The Kier molecular flexibility index (Phi) is 6.10. The maximum atomic E-state index is 11.1. The molecule has 1 aliphatic rings. The first-order valence-electron chi connectivity index (χ1n) is 9.66. The van der Waals surface area contributed by atoms with Crippen molar-refractivity contribution < 1.29 is 19.0 Å². The van der Waals surface area contributed by atoms with Crippen LogP contribution in [0, 0.1) is 0 Å². The molecule has 3 aromatic rings. The number of nitrogens with two attached hydrogens (primary N) is 1. The van der Waals surface area contributed by atoms with Gasteiger partial charge in [-0.2, -0.15) is 0 Å². The van der Waals surface area contributed by atoms with Crippen molar-refractivity contribution in [1.29, 1.82) is 0 Å². The zero-order valence-corrected chi connectivity index (χ0v) is 16.5. The molecule has 0 unspecified atom stereocenters. The van der Waals surface area contributed by atoms with E-state index in [1.54, 1.807) is 6.20 Å². The summed E-state index contributed by atoms with van der Waals surface area (Å²) in [7, 11) is 0. The van der Waals surface area contributed by atoms with E-state index in [2.05, 4.69) is 16.0 Å². The minimum atomic E-state index is -0.502. The minimum Gasteiger partial charge on any atom is -0.483 e. The van der Waals surface area contributed by atoms with Crippen LogP contribution in [0.2, 0.25) is 0 Å². The molecular formula is C23H23N3O4. The molecule has 0 saturated heterocycles. The van der Waals surface area contributed by atoms with Crippen LogP contribution >= 0.6 is 0 Å². The SMILES string of the molecule is NC(=O)COc1ccccc1CN(Cc1cccnc1)Cc1ccc2c(c1)OCO2. The van der Waals surface area contributed by atoms with Gasteiger partial charge in [-0.3, -0.25) is 14.7 Å². The number of carbonyl (C=O) groups is 1. The number of aromatic nitrogens is 1. The first-order chi connectivity index (χ1) is 14.7. The quantitative estimate of drug-likeness (QED) is 0.589. The molecule has 2 heterocycles. The van der Waals surface area contributed by atoms with E-state index in [0.717, 1.165) is 28.2 Å². The molecule has 4 rings (SSSR count). The number of primary amides is 1. The van der Waals surface area contributed by atoms with E-state index < -0.39 is 5.91 Å². The molecule has 0 aliphatic carbocycles. The highest BCUT2D eigenvalue weighted by Crippen LogP contribution is 2.33. The Labute approximate surface area is 175 Å². The van der Waals surface area contributed by atoms with Gasteiger partial charge in [0, 0.05) is 37.6 Å². The normalized spacial score (nSPS) is 12.2. The molecule has 0 radical (unpaired) electrons. The Morgan fingerprint density at radius 1 is 1.00 bits per heavy atom. The van der Waals surface area contributed by atoms with Crippen LogP contribution in [0.5, 0.6) is 17.2 Å². The zero-order valence-electron chi connectivity index (χ0n) is 16.5. The van der Waals surface area contributed by atoms with Gasteiger partial charge in [0.05, 0.1) is 0 Å². The molecule has 0 bridgehead atoms. The highest BCUT2D eigenvalue weighted by atomic mass is 16.7. The van der Waals surface area contributed by atoms with Crippen molar-refractivity contribution in [3.05, 3.63) is 83.7 Å². The average Bonchev–Trinajstić information content (AvgIpc) is 3.22. The summed E-state index contributed by atoms with van der Waals surface area (Å²) in [5.41, 5.74) is 8.43. The summed E-state index contributed by atoms with van der Waals surface area (Å²) in [6.45, 7) is 2.12. The number of pyridine rings is 1. The molecule has 0 atom stereocenters. The second-order valence-electron chi connectivity index (χ2n) is 7.06. The number of para-hydroxylation sites is 1. The van der Waals surface area contributed by atoms with Gasteiger partial charge in [0.25, 0.3) is 5.91 Å². The van der Waals surface area contributed by atoms with Gasteiger partial charge in [0.1, 0.15) is 5.75 Å². The second-order valence-corrected chi connectivity index (χ2v) is 7.06.